The van der Waals surface area contributed by atoms with Crippen LogP contribution in [-0.2, 0) is 22.6 Å². The molecule has 0 aliphatic carbocycles. The number of fused-ring (bicyclic) bond motifs is 1. The summed E-state index contributed by atoms with van der Waals surface area (Å²) in [5, 5.41) is 6.38. The number of nitrogens with zero attached hydrogens (tertiary/aromatic N) is 1. The fourth-order valence-corrected chi connectivity index (χ4v) is 3.68. The first-order valence-electron chi connectivity index (χ1n) is 9.64. The van der Waals surface area contributed by atoms with E-state index in [0.29, 0.717) is 30.2 Å². The van der Waals surface area contributed by atoms with Gasteiger partial charge in [0.25, 0.3) is 0 Å². The summed E-state index contributed by atoms with van der Waals surface area (Å²) in [6, 6.07) is 12.2. The number of para-hydroxylation sites is 1. The maximum Gasteiger partial charge on any atom is 0.249 e. The van der Waals surface area contributed by atoms with Gasteiger partial charge in [-0.2, -0.15) is 0 Å². The van der Waals surface area contributed by atoms with E-state index in [1.807, 2.05) is 24.3 Å². The average Bonchev–Trinajstić information content (AvgIpc) is 2.85. The lowest BCUT2D eigenvalue weighted by Gasteiger charge is -2.27. The van der Waals surface area contributed by atoms with Gasteiger partial charge in [0.05, 0.1) is 19.7 Å². The summed E-state index contributed by atoms with van der Waals surface area (Å²) < 4.78 is 5.46. The molecular formula is C22H27Cl2N3O3. The summed E-state index contributed by atoms with van der Waals surface area (Å²) in [6.07, 6.45) is 1.24. The van der Waals surface area contributed by atoms with Gasteiger partial charge >= 0.3 is 0 Å². The fourth-order valence-electron chi connectivity index (χ4n) is 3.48. The van der Waals surface area contributed by atoms with Crippen LogP contribution in [0.15, 0.2) is 42.5 Å². The monoisotopic (exact) mass is 451 g/mol. The highest BCUT2D eigenvalue weighted by atomic mass is 35.5. The molecule has 1 aliphatic rings. The van der Waals surface area contributed by atoms with Crippen LogP contribution in [0.2, 0.25) is 5.02 Å². The molecule has 1 aliphatic heterocycles. The predicted molar refractivity (Wildman–Crippen MR) is 122 cm³/mol. The van der Waals surface area contributed by atoms with Crippen molar-refractivity contribution in [2.45, 2.75) is 38.4 Å². The van der Waals surface area contributed by atoms with Crippen LogP contribution in [0.5, 0.6) is 5.75 Å². The second-order valence-electron chi connectivity index (χ2n) is 7.12. The van der Waals surface area contributed by atoms with Crippen LogP contribution >= 0.6 is 24.0 Å². The molecule has 30 heavy (non-hydrogen) atoms. The van der Waals surface area contributed by atoms with Crippen molar-refractivity contribution in [3.05, 3.63) is 58.6 Å². The molecule has 0 fully saturated rings. The minimum atomic E-state index is -0.601. The number of likely N-dealkylation sites (N-methyl/N-ethyl adjacent to an activating group) is 1. The van der Waals surface area contributed by atoms with Crippen LogP contribution < -0.4 is 20.3 Å². The lowest BCUT2D eigenvalue weighted by atomic mass is 10.1. The Balaban J connectivity index is 0.00000320. The SMILES string of the molecule is CNC(C)C(=O)NC1CCc2ccccc2N(Cc2cc(Cl)ccc2OC)C1=O.Cl. The summed E-state index contributed by atoms with van der Waals surface area (Å²) in [4.78, 5) is 27.6. The average molecular weight is 452 g/mol. The number of aryl methyl sites for hydroxylation is 1. The molecule has 0 saturated carbocycles. The van der Waals surface area contributed by atoms with E-state index in [4.69, 9.17) is 16.3 Å². The molecule has 0 saturated heterocycles. The van der Waals surface area contributed by atoms with Gasteiger partial charge in [-0.3, -0.25) is 9.59 Å². The van der Waals surface area contributed by atoms with Crippen LogP contribution in [0.1, 0.15) is 24.5 Å². The maximum absolute atomic E-state index is 13.5. The number of methoxy groups -OCH3 is 1. The number of carbonyl (C=O) groups excluding carboxylic acids is 2. The number of carbonyl (C=O) groups is 2. The Labute approximate surface area is 188 Å². The van der Waals surface area contributed by atoms with Gasteiger partial charge in [-0.15, -0.1) is 12.4 Å². The molecule has 2 aromatic carbocycles. The van der Waals surface area contributed by atoms with Crippen molar-refractivity contribution >= 4 is 41.5 Å². The standard InChI is InChI=1S/C22H26ClN3O3.ClH/c1-14(24-2)21(27)25-18-10-8-15-6-4-5-7-19(15)26(22(18)28)13-16-12-17(23)9-11-20(16)29-3;/h4-7,9,11-12,14,18,24H,8,10,13H2,1-3H3,(H,25,27);1H. The van der Waals surface area contributed by atoms with E-state index in [2.05, 4.69) is 10.6 Å². The van der Waals surface area contributed by atoms with Crippen molar-refractivity contribution in [3.8, 4) is 5.75 Å². The van der Waals surface area contributed by atoms with Crippen molar-refractivity contribution < 1.29 is 14.3 Å². The van der Waals surface area contributed by atoms with Gasteiger partial charge in [0.15, 0.2) is 0 Å². The van der Waals surface area contributed by atoms with Gasteiger partial charge in [-0.25, -0.2) is 0 Å². The zero-order valence-corrected chi connectivity index (χ0v) is 18.8. The van der Waals surface area contributed by atoms with Crippen molar-refractivity contribution in [2.75, 3.05) is 19.1 Å². The van der Waals surface area contributed by atoms with Gasteiger partial charge in [0.1, 0.15) is 11.8 Å². The first-order valence-corrected chi connectivity index (χ1v) is 10.0. The Kier molecular flexibility index (Phi) is 8.53. The third-order valence-corrected chi connectivity index (χ3v) is 5.50. The fraction of sp³-hybridized carbons (Fsp3) is 0.364. The van der Waals surface area contributed by atoms with Gasteiger partial charge in [-0.1, -0.05) is 29.8 Å². The van der Waals surface area contributed by atoms with Crippen LogP contribution in [0.3, 0.4) is 0 Å². The van der Waals surface area contributed by atoms with E-state index >= 15 is 0 Å². The zero-order valence-electron chi connectivity index (χ0n) is 17.3. The van der Waals surface area contributed by atoms with E-state index in [-0.39, 0.29) is 30.3 Å². The van der Waals surface area contributed by atoms with E-state index in [1.54, 1.807) is 44.2 Å². The molecule has 6 nitrogen and oxygen atoms in total. The summed E-state index contributed by atoms with van der Waals surface area (Å²) >= 11 is 6.19. The maximum atomic E-state index is 13.5. The van der Waals surface area contributed by atoms with E-state index in [0.717, 1.165) is 16.8 Å². The highest BCUT2D eigenvalue weighted by Gasteiger charge is 2.32. The number of hydrogen-bond acceptors (Lipinski definition) is 4. The van der Waals surface area contributed by atoms with Crippen LogP contribution in [0.4, 0.5) is 5.69 Å². The number of anilines is 1. The van der Waals surface area contributed by atoms with Gasteiger partial charge in [0.2, 0.25) is 11.8 Å². The van der Waals surface area contributed by atoms with E-state index < -0.39 is 6.04 Å². The lowest BCUT2D eigenvalue weighted by molar-refractivity contribution is -0.128. The van der Waals surface area contributed by atoms with Crippen LogP contribution in [0.25, 0.3) is 0 Å². The number of amides is 2. The summed E-state index contributed by atoms with van der Waals surface area (Å²) in [5.41, 5.74) is 2.72. The third-order valence-electron chi connectivity index (χ3n) is 5.26. The van der Waals surface area contributed by atoms with Gasteiger partial charge < -0.3 is 20.3 Å². The number of rotatable bonds is 6. The third kappa shape index (κ3) is 5.25. The smallest absolute Gasteiger partial charge is 0.249 e. The Morgan fingerprint density at radius 2 is 2.03 bits per heavy atom. The van der Waals surface area contributed by atoms with Crippen molar-refractivity contribution in [1.29, 1.82) is 0 Å². The minimum Gasteiger partial charge on any atom is -0.496 e. The van der Waals surface area contributed by atoms with E-state index in [9.17, 15) is 9.59 Å². The highest BCUT2D eigenvalue weighted by molar-refractivity contribution is 6.30. The number of benzene rings is 2. The molecule has 162 valence electrons. The first-order chi connectivity index (χ1) is 13.9. The van der Waals surface area contributed by atoms with Gasteiger partial charge in [0, 0.05) is 16.3 Å². The van der Waals surface area contributed by atoms with Crippen LogP contribution in [0, 0.1) is 0 Å². The highest BCUT2D eigenvalue weighted by Crippen LogP contribution is 2.31. The number of hydrogen-bond donors (Lipinski definition) is 2. The van der Waals surface area contributed by atoms with Gasteiger partial charge in [-0.05, 0) is 56.6 Å². The Morgan fingerprint density at radius 3 is 2.73 bits per heavy atom. The Hall–Kier alpha value is -2.28. The molecule has 8 heteroatoms. The Bertz CT molecular complexity index is 907. The minimum absolute atomic E-state index is 0. The molecule has 2 N–H and O–H groups in total. The zero-order chi connectivity index (χ0) is 21.0. The summed E-state index contributed by atoms with van der Waals surface area (Å²) in [7, 11) is 3.31. The van der Waals surface area contributed by atoms with Crippen molar-refractivity contribution in [2.24, 2.45) is 0 Å². The quantitative estimate of drug-likeness (QED) is 0.706. The molecular weight excluding hydrogens is 425 g/mol. The molecule has 2 atom stereocenters. The molecule has 2 aromatic rings. The Morgan fingerprint density at radius 1 is 1.30 bits per heavy atom. The van der Waals surface area contributed by atoms with Crippen molar-refractivity contribution in [1.82, 2.24) is 10.6 Å². The second-order valence-corrected chi connectivity index (χ2v) is 7.56. The number of ether oxygens (including phenoxy) is 1. The largest absolute Gasteiger partial charge is 0.496 e. The molecule has 0 radical (unpaired) electrons. The first kappa shape index (κ1) is 24.0. The second kappa shape index (κ2) is 10.7. The number of nitrogens with one attached hydrogen (secondary N) is 2. The molecule has 0 spiro atoms. The molecule has 3 rings (SSSR count). The van der Waals surface area contributed by atoms with E-state index in [1.165, 1.54) is 0 Å². The molecule has 0 bridgehead atoms. The molecule has 2 unspecified atom stereocenters. The normalized spacial score (nSPS) is 16.7. The lowest BCUT2D eigenvalue weighted by Crippen LogP contribution is -2.52. The summed E-state index contributed by atoms with van der Waals surface area (Å²) in [6.45, 7) is 2.06. The predicted octanol–water partition coefficient (Wildman–Crippen LogP) is 3.34. The van der Waals surface area contributed by atoms with Crippen LogP contribution in [-0.4, -0.2) is 38.1 Å². The molecule has 2 amide bonds. The summed E-state index contributed by atoms with van der Waals surface area (Å²) in [5.74, 6) is 0.319. The topological polar surface area (TPSA) is 70.7 Å². The molecule has 0 aromatic heterocycles. The van der Waals surface area contributed by atoms with Crippen molar-refractivity contribution in [3.63, 3.8) is 0 Å². The number of halogens is 2. The molecule has 1 heterocycles.